The highest BCUT2D eigenvalue weighted by Crippen LogP contribution is 2.43. The van der Waals surface area contributed by atoms with Crippen LogP contribution in [0.15, 0.2) is 48.5 Å². The van der Waals surface area contributed by atoms with Gasteiger partial charge in [-0.3, -0.25) is 9.59 Å². The fourth-order valence-corrected chi connectivity index (χ4v) is 4.83. The molecule has 0 aromatic heterocycles. The van der Waals surface area contributed by atoms with Crippen LogP contribution in [0.4, 0.5) is 11.4 Å². The average Bonchev–Trinajstić information content (AvgIpc) is 3.74. The Balaban J connectivity index is 1.22. The monoisotopic (exact) mass is 446 g/mol. The predicted octanol–water partition coefficient (Wildman–Crippen LogP) is 6.81. The van der Waals surface area contributed by atoms with Crippen molar-refractivity contribution < 1.29 is 9.59 Å². The Kier molecular flexibility index (Phi) is 7.85. The van der Waals surface area contributed by atoms with Crippen molar-refractivity contribution in [1.82, 2.24) is 0 Å². The second-order valence-electron chi connectivity index (χ2n) is 10.0. The number of carbonyl (C=O) groups excluding carboxylic acids is 2. The highest BCUT2D eigenvalue weighted by Gasteiger charge is 2.42. The molecule has 0 unspecified atom stereocenters. The minimum Gasteiger partial charge on any atom is -0.326 e. The number of amides is 2. The molecular formula is C29H38N2O2. The maximum atomic E-state index is 12.4. The smallest absolute Gasteiger partial charge is 0.227 e. The molecule has 4 atom stereocenters. The fourth-order valence-electron chi connectivity index (χ4n) is 4.83. The van der Waals surface area contributed by atoms with Gasteiger partial charge in [0.15, 0.2) is 0 Å². The zero-order valence-electron chi connectivity index (χ0n) is 20.1. The van der Waals surface area contributed by atoms with Gasteiger partial charge in [0.1, 0.15) is 0 Å². The van der Waals surface area contributed by atoms with Gasteiger partial charge in [-0.1, -0.05) is 63.8 Å². The van der Waals surface area contributed by atoms with E-state index in [1.54, 1.807) is 0 Å². The lowest BCUT2D eigenvalue weighted by Gasteiger charge is -2.08. The number of anilines is 2. The first-order valence-electron chi connectivity index (χ1n) is 12.9. The quantitative estimate of drug-likeness (QED) is 0.376. The molecule has 0 aliphatic heterocycles. The van der Waals surface area contributed by atoms with Crippen LogP contribution in [0.2, 0.25) is 0 Å². The van der Waals surface area contributed by atoms with Gasteiger partial charge in [0.2, 0.25) is 11.8 Å². The van der Waals surface area contributed by atoms with Gasteiger partial charge in [-0.15, -0.1) is 0 Å². The van der Waals surface area contributed by atoms with E-state index in [2.05, 4.69) is 48.7 Å². The summed E-state index contributed by atoms with van der Waals surface area (Å²) >= 11 is 0. The largest absolute Gasteiger partial charge is 0.326 e. The van der Waals surface area contributed by atoms with Gasteiger partial charge in [0, 0.05) is 23.2 Å². The molecule has 2 N–H and O–H groups in total. The lowest BCUT2D eigenvalue weighted by atomic mass is 10.0. The molecule has 0 saturated heterocycles. The summed E-state index contributed by atoms with van der Waals surface area (Å²) in [6, 6.07) is 16.3. The summed E-state index contributed by atoms with van der Waals surface area (Å²) in [5.41, 5.74) is 4.16. The SMILES string of the molecule is CCCC[C@H]1C[C@@H]1C(=O)Nc1ccc(Cc2ccc(NC(=O)[C@@H]3C[C@@H]3CCCC)cc2)cc1. The maximum Gasteiger partial charge on any atom is 0.227 e. The molecule has 0 heterocycles. The molecule has 2 fully saturated rings. The first kappa shape index (κ1) is 23.5. The average molecular weight is 447 g/mol. The van der Waals surface area contributed by atoms with Crippen molar-refractivity contribution in [3.63, 3.8) is 0 Å². The van der Waals surface area contributed by atoms with Gasteiger partial charge in [-0.2, -0.15) is 0 Å². The van der Waals surface area contributed by atoms with Crippen LogP contribution < -0.4 is 10.6 Å². The molecule has 2 saturated carbocycles. The second kappa shape index (κ2) is 11.0. The van der Waals surface area contributed by atoms with E-state index in [1.807, 2.05) is 24.3 Å². The van der Waals surface area contributed by atoms with Crippen LogP contribution in [-0.2, 0) is 16.0 Å². The molecule has 2 aliphatic carbocycles. The molecule has 33 heavy (non-hydrogen) atoms. The molecule has 176 valence electrons. The summed E-state index contributed by atoms with van der Waals surface area (Å²) in [7, 11) is 0. The second-order valence-corrected chi connectivity index (χ2v) is 10.0. The predicted molar refractivity (Wildman–Crippen MR) is 135 cm³/mol. The molecular weight excluding hydrogens is 408 g/mol. The lowest BCUT2D eigenvalue weighted by molar-refractivity contribution is -0.118. The summed E-state index contributed by atoms with van der Waals surface area (Å²) in [5.74, 6) is 1.93. The number of rotatable bonds is 12. The topological polar surface area (TPSA) is 58.2 Å². The van der Waals surface area contributed by atoms with E-state index < -0.39 is 0 Å². The van der Waals surface area contributed by atoms with E-state index >= 15 is 0 Å². The molecule has 4 rings (SSSR count). The van der Waals surface area contributed by atoms with Gasteiger partial charge < -0.3 is 10.6 Å². The summed E-state index contributed by atoms with van der Waals surface area (Å²) in [6.07, 6.45) is 10.1. The normalized spacial score (nSPS) is 23.1. The number of nitrogens with one attached hydrogen (secondary N) is 2. The Morgan fingerprint density at radius 2 is 1.09 bits per heavy atom. The zero-order valence-corrected chi connectivity index (χ0v) is 20.1. The lowest BCUT2D eigenvalue weighted by Crippen LogP contribution is -2.14. The van der Waals surface area contributed by atoms with Crippen LogP contribution in [0.3, 0.4) is 0 Å². The maximum absolute atomic E-state index is 12.4. The van der Waals surface area contributed by atoms with E-state index in [9.17, 15) is 9.59 Å². The molecule has 2 aromatic carbocycles. The number of hydrogen-bond donors (Lipinski definition) is 2. The highest BCUT2D eigenvalue weighted by molar-refractivity contribution is 5.95. The Morgan fingerprint density at radius 3 is 1.45 bits per heavy atom. The van der Waals surface area contributed by atoms with Crippen LogP contribution in [-0.4, -0.2) is 11.8 Å². The zero-order chi connectivity index (χ0) is 23.2. The molecule has 4 nitrogen and oxygen atoms in total. The molecule has 2 aliphatic rings. The Morgan fingerprint density at radius 1 is 0.697 bits per heavy atom. The standard InChI is InChI=1S/C29H38N2O2/c1-3-5-7-22-18-26(22)28(32)30-24-13-9-20(10-14-24)17-21-11-15-25(16-12-21)31-29(33)27-19-23(27)8-6-4-2/h9-16,22-23,26-27H,3-8,17-19H2,1-2H3,(H,30,32)(H,31,33)/t22-,23-,26-,27+/m0/s1. The van der Waals surface area contributed by atoms with Crippen LogP contribution in [0.25, 0.3) is 0 Å². The van der Waals surface area contributed by atoms with Crippen molar-refractivity contribution in [2.45, 2.75) is 71.6 Å². The van der Waals surface area contributed by atoms with Crippen molar-refractivity contribution in [2.24, 2.45) is 23.7 Å². The molecule has 0 radical (unpaired) electrons. The van der Waals surface area contributed by atoms with E-state index in [1.165, 1.54) is 49.7 Å². The van der Waals surface area contributed by atoms with Gasteiger partial charge >= 0.3 is 0 Å². The third-order valence-corrected chi connectivity index (χ3v) is 7.23. The van der Waals surface area contributed by atoms with Crippen molar-refractivity contribution in [2.75, 3.05) is 10.6 Å². The van der Waals surface area contributed by atoms with Crippen molar-refractivity contribution in [3.05, 3.63) is 59.7 Å². The number of hydrogen-bond acceptors (Lipinski definition) is 2. The molecule has 2 amide bonds. The first-order valence-corrected chi connectivity index (χ1v) is 12.9. The molecule has 0 bridgehead atoms. The van der Waals surface area contributed by atoms with Gasteiger partial charge in [0.25, 0.3) is 0 Å². The molecule has 0 spiro atoms. The Bertz CT molecular complexity index is 858. The summed E-state index contributed by atoms with van der Waals surface area (Å²) in [4.78, 5) is 24.8. The Hall–Kier alpha value is -2.62. The van der Waals surface area contributed by atoms with Crippen LogP contribution in [0.5, 0.6) is 0 Å². The summed E-state index contributed by atoms with van der Waals surface area (Å²) < 4.78 is 0. The number of benzene rings is 2. The number of unbranched alkanes of at least 4 members (excludes halogenated alkanes) is 2. The third kappa shape index (κ3) is 6.69. The highest BCUT2D eigenvalue weighted by atomic mass is 16.2. The summed E-state index contributed by atoms with van der Waals surface area (Å²) in [5, 5.41) is 6.15. The van der Waals surface area contributed by atoms with Crippen molar-refractivity contribution in [3.8, 4) is 0 Å². The number of carbonyl (C=O) groups is 2. The van der Waals surface area contributed by atoms with Crippen LogP contribution >= 0.6 is 0 Å². The third-order valence-electron chi connectivity index (χ3n) is 7.23. The van der Waals surface area contributed by atoms with Crippen LogP contribution in [0.1, 0.15) is 76.3 Å². The summed E-state index contributed by atoms with van der Waals surface area (Å²) in [6.45, 7) is 4.40. The van der Waals surface area contributed by atoms with Gasteiger partial charge in [-0.25, -0.2) is 0 Å². The van der Waals surface area contributed by atoms with E-state index in [4.69, 9.17) is 0 Å². The van der Waals surface area contributed by atoms with E-state index in [-0.39, 0.29) is 23.7 Å². The van der Waals surface area contributed by atoms with Gasteiger partial charge in [0.05, 0.1) is 0 Å². The first-order chi connectivity index (χ1) is 16.1. The minimum atomic E-state index is 0.171. The van der Waals surface area contributed by atoms with Crippen molar-refractivity contribution in [1.29, 1.82) is 0 Å². The van der Waals surface area contributed by atoms with Crippen LogP contribution in [0, 0.1) is 23.7 Å². The van der Waals surface area contributed by atoms with E-state index in [0.717, 1.165) is 30.6 Å². The van der Waals surface area contributed by atoms with Gasteiger partial charge in [-0.05, 0) is 79.3 Å². The van der Waals surface area contributed by atoms with Crippen molar-refractivity contribution >= 4 is 23.2 Å². The Labute approximate surface area is 198 Å². The fraction of sp³-hybridized carbons (Fsp3) is 0.517. The molecule has 2 aromatic rings. The molecule has 4 heteroatoms. The minimum absolute atomic E-state index is 0.171. The van der Waals surface area contributed by atoms with E-state index in [0.29, 0.717) is 11.8 Å².